The third-order valence-corrected chi connectivity index (χ3v) is 5.26. The standard InChI is InChI=1S/C22H21NO5S/c1-4-14-5-7-15(8-6-14)21-23-18(13-29-21)22(25)28-12-19(24)17-10-9-16(26-2)11-20(17)27-3/h5-11,13H,4,12H2,1-3H3. The van der Waals surface area contributed by atoms with E-state index in [1.807, 2.05) is 24.3 Å². The lowest BCUT2D eigenvalue weighted by Gasteiger charge is -2.09. The maximum atomic E-state index is 12.4. The van der Waals surface area contributed by atoms with E-state index in [-0.39, 0.29) is 11.5 Å². The summed E-state index contributed by atoms with van der Waals surface area (Å²) < 4.78 is 15.5. The number of aryl methyl sites for hydroxylation is 1. The lowest BCUT2D eigenvalue weighted by molar-refractivity contribution is 0.0469. The number of nitrogens with zero attached hydrogens (tertiary/aromatic N) is 1. The lowest BCUT2D eigenvalue weighted by atomic mass is 10.1. The van der Waals surface area contributed by atoms with Crippen molar-refractivity contribution in [1.82, 2.24) is 4.98 Å². The molecule has 0 N–H and O–H groups in total. The molecule has 0 aliphatic rings. The van der Waals surface area contributed by atoms with Crippen molar-refractivity contribution in [3.63, 3.8) is 0 Å². The Balaban J connectivity index is 1.65. The molecule has 0 saturated heterocycles. The van der Waals surface area contributed by atoms with Gasteiger partial charge in [0, 0.05) is 17.0 Å². The van der Waals surface area contributed by atoms with Gasteiger partial charge < -0.3 is 14.2 Å². The van der Waals surface area contributed by atoms with E-state index in [4.69, 9.17) is 14.2 Å². The number of thiazole rings is 1. The van der Waals surface area contributed by atoms with Crippen LogP contribution >= 0.6 is 11.3 Å². The molecule has 0 atom stereocenters. The second kappa shape index (κ2) is 9.34. The van der Waals surface area contributed by atoms with Gasteiger partial charge in [-0.1, -0.05) is 31.2 Å². The molecule has 29 heavy (non-hydrogen) atoms. The topological polar surface area (TPSA) is 74.7 Å². The highest BCUT2D eigenvalue weighted by molar-refractivity contribution is 7.13. The maximum absolute atomic E-state index is 12.4. The average molecular weight is 411 g/mol. The fourth-order valence-corrected chi connectivity index (χ4v) is 3.49. The zero-order valence-electron chi connectivity index (χ0n) is 16.4. The molecule has 0 aliphatic carbocycles. The van der Waals surface area contributed by atoms with Gasteiger partial charge in [-0.15, -0.1) is 11.3 Å². The van der Waals surface area contributed by atoms with E-state index in [1.54, 1.807) is 23.6 Å². The predicted molar refractivity (Wildman–Crippen MR) is 111 cm³/mol. The Kier molecular flexibility index (Phi) is 6.61. The van der Waals surface area contributed by atoms with Gasteiger partial charge in [0.05, 0.1) is 19.8 Å². The molecule has 6 nitrogen and oxygen atoms in total. The number of carbonyl (C=O) groups excluding carboxylic acids is 2. The molecule has 0 unspecified atom stereocenters. The van der Waals surface area contributed by atoms with E-state index in [9.17, 15) is 9.59 Å². The van der Waals surface area contributed by atoms with Crippen LogP contribution in [-0.4, -0.2) is 37.6 Å². The van der Waals surface area contributed by atoms with E-state index in [2.05, 4.69) is 11.9 Å². The van der Waals surface area contributed by atoms with Crippen molar-refractivity contribution in [2.45, 2.75) is 13.3 Å². The van der Waals surface area contributed by atoms with Crippen LogP contribution in [0, 0.1) is 0 Å². The molecule has 3 aromatic rings. The van der Waals surface area contributed by atoms with Crippen LogP contribution in [0.15, 0.2) is 47.8 Å². The highest BCUT2D eigenvalue weighted by Crippen LogP contribution is 2.26. The van der Waals surface area contributed by atoms with Crippen LogP contribution in [0.5, 0.6) is 11.5 Å². The molecule has 3 rings (SSSR count). The number of esters is 1. The van der Waals surface area contributed by atoms with Gasteiger partial charge in [-0.2, -0.15) is 0 Å². The minimum Gasteiger partial charge on any atom is -0.497 e. The minimum absolute atomic E-state index is 0.180. The SMILES string of the molecule is CCc1ccc(-c2nc(C(=O)OCC(=O)c3ccc(OC)cc3OC)cs2)cc1. The monoisotopic (exact) mass is 411 g/mol. The number of ether oxygens (including phenoxy) is 3. The summed E-state index contributed by atoms with van der Waals surface area (Å²) in [6.45, 7) is 1.69. The third-order valence-electron chi connectivity index (χ3n) is 4.37. The molecular formula is C22H21NO5S. The fourth-order valence-electron chi connectivity index (χ4n) is 2.69. The smallest absolute Gasteiger partial charge is 0.358 e. The summed E-state index contributed by atoms with van der Waals surface area (Å²) in [6, 6.07) is 12.9. The minimum atomic E-state index is -0.640. The second-order valence-corrected chi connectivity index (χ2v) is 7.01. The van der Waals surface area contributed by atoms with Crippen LogP contribution in [0.2, 0.25) is 0 Å². The Morgan fingerprint density at radius 3 is 2.45 bits per heavy atom. The van der Waals surface area contributed by atoms with E-state index in [1.165, 1.54) is 31.1 Å². The molecule has 0 radical (unpaired) electrons. The molecule has 2 aromatic carbocycles. The fraction of sp³-hybridized carbons (Fsp3) is 0.227. The van der Waals surface area contributed by atoms with E-state index in [0.29, 0.717) is 17.1 Å². The normalized spacial score (nSPS) is 10.4. The van der Waals surface area contributed by atoms with Crippen molar-refractivity contribution >= 4 is 23.1 Å². The Morgan fingerprint density at radius 2 is 1.79 bits per heavy atom. The first kappa shape index (κ1) is 20.5. The molecule has 1 heterocycles. The first-order valence-electron chi connectivity index (χ1n) is 9.03. The quantitative estimate of drug-likeness (QED) is 0.403. The Hall–Kier alpha value is -3.19. The Labute approximate surface area is 173 Å². The first-order valence-corrected chi connectivity index (χ1v) is 9.90. The largest absolute Gasteiger partial charge is 0.497 e. The zero-order chi connectivity index (χ0) is 20.8. The summed E-state index contributed by atoms with van der Waals surface area (Å²) in [6.07, 6.45) is 0.961. The second-order valence-electron chi connectivity index (χ2n) is 6.15. The van der Waals surface area contributed by atoms with Crippen LogP contribution < -0.4 is 9.47 Å². The highest BCUT2D eigenvalue weighted by Gasteiger charge is 2.18. The Bertz CT molecular complexity index is 1010. The van der Waals surface area contributed by atoms with Crippen LogP contribution in [0.3, 0.4) is 0 Å². The van der Waals surface area contributed by atoms with Gasteiger partial charge in [0.1, 0.15) is 16.5 Å². The summed E-state index contributed by atoms with van der Waals surface area (Å²) in [5.41, 5.74) is 2.66. The van der Waals surface area contributed by atoms with Gasteiger partial charge in [0.2, 0.25) is 5.78 Å². The number of carbonyl (C=O) groups is 2. The molecule has 0 spiro atoms. The van der Waals surface area contributed by atoms with Crippen LogP contribution in [0.4, 0.5) is 0 Å². The molecular weight excluding hydrogens is 390 g/mol. The third kappa shape index (κ3) is 4.81. The number of hydrogen-bond acceptors (Lipinski definition) is 7. The first-order chi connectivity index (χ1) is 14.0. The number of aromatic nitrogens is 1. The van der Waals surface area contributed by atoms with Crippen molar-refractivity contribution in [3.8, 4) is 22.1 Å². The molecule has 0 amide bonds. The number of benzene rings is 2. The van der Waals surface area contributed by atoms with Gasteiger partial charge in [0.25, 0.3) is 0 Å². The molecule has 7 heteroatoms. The van der Waals surface area contributed by atoms with Gasteiger partial charge >= 0.3 is 5.97 Å². The summed E-state index contributed by atoms with van der Waals surface area (Å²) >= 11 is 1.35. The summed E-state index contributed by atoms with van der Waals surface area (Å²) in [5.74, 6) is -0.0868. The van der Waals surface area contributed by atoms with Gasteiger partial charge in [-0.05, 0) is 24.1 Å². The van der Waals surface area contributed by atoms with Gasteiger partial charge in [0.15, 0.2) is 12.3 Å². The summed E-state index contributed by atoms with van der Waals surface area (Å²) in [4.78, 5) is 29.1. The average Bonchev–Trinajstić information content (AvgIpc) is 3.27. The number of hydrogen-bond donors (Lipinski definition) is 0. The molecule has 150 valence electrons. The van der Waals surface area contributed by atoms with E-state index in [0.717, 1.165) is 17.0 Å². The predicted octanol–water partition coefficient (Wildman–Crippen LogP) is 4.43. The summed E-state index contributed by atoms with van der Waals surface area (Å²) in [5, 5.41) is 2.35. The Morgan fingerprint density at radius 1 is 1.03 bits per heavy atom. The lowest BCUT2D eigenvalue weighted by Crippen LogP contribution is -2.15. The van der Waals surface area contributed by atoms with Gasteiger partial charge in [-0.25, -0.2) is 9.78 Å². The van der Waals surface area contributed by atoms with Crippen LogP contribution in [-0.2, 0) is 11.2 Å². The number of rotatable bonds is 8. The molecule has 0 fully saturated rings. The number of ketones is 1. The highest BCUT2D eigenvalue weighted by atomic mass is 32.1. The van der Waals surface area contributed by atoms with E-state index < -0.39 is 12.6 Å². The molecule has 1 aromatic heterocycles. The summed E-state index contributed by atoms with van der Waals surface area (Å²) in [7, 11) is 2.99. The molecule has 0 saturated carbocycles. The van der Waals surface area contributed by atoms with Crippen molar-refractivity contribution < 1.29 is 23.8 Å². The molecule has 0 bridgehead atoms. The van der Waals surface area contributed by atoms with Gasteiger partial charge in [-0.3, -0.25) is 4.79 Å². The number of methoxy groups -OCH3 is 2. The van der Waals surface area contributed by atoms with Crippen molar-refractivity contribution in [2.24, 2.45) is 0 Å². The zero-order valence-corrected chi connectivity index (χ0v) is 17.2. The van der Waals surface area contributed by atoms with E-state index >= 15 is 0 Å². The van der Waals surface area contributed by atoms with Crippen LogP contribution in [0.1, 0.15) is 33.3 Å². The van der Waals surface area contributed by atoms with Crippen LogP contribution in [0.25, 0.3) is 10.6 Å². The van der Waals surface area contributed by atoms with Crippen molar-refractivity contribution in [3.05, 3.63) is 64.7 Å². The molecule has 0 aliphatic heterocycles. The number of Topliss-reactive ketones (excluding diaryl/α,β-unsaturated/α-hetero) is 1. The maximum Gasteiger partial charge on any atom is 0.358 e. The van der Waals surface area contributed by atoms with Crippen molar-refractivity contribution in [2.75, 3.05) is 20.8 Å². The van der Waals surface area contributed by atoms with Crippen molar-refractivity contribution in [1.29, 1.82) is 0 Å².